The van der Waals surface area contributed by atoms with Gasteiger partial charge in [0.1, 0.15) is 0 Å². The molecule has 0 aliphatic heterocycles. The fourth-order valence-electron chi connectivity index (χ4n) is 2.61. The third-order valence-corrected chi connectivity index (χ3v) is 4.75. The number of amides is 1. The van der Waals surface area contributed by atoms with E-state index in [9.17, 15) is 9.59 Å². The summed E-state index contributed by atoms with van der Waals surface area (Å²) >= 11 is 0.925. The van der Waals surface area contributed by atoms with Crippen molar-refractivity contribution in [2.45, 2.75) is 0 Å². The SMILES string of the molecule is Cn1nnc(-c2ccccc2NC(=O)c2cc3ccccc3c(=O)s2)n1. The van der Waals surface area contributed by atoms with Gasteiger partial charge in [0.15, 0.2) is 0 Å². The quantitative estimate of drug-likeness (QED) is 0.604. The summed E-state index contributed by atoms with van der Waals surface area (Å²) in [4.78, 5) is 26.6. The molecule has 0 aliphatic carbocycles. The summed E-state index contributed by atoms with van der Waals surface area (Å²) in [5.41, 5.74) is 1.21. The third kappa shape index (κ3) is 2.98. The van der Waals surface area contributed by atoms with Crippen molar-refractivity contribution in [1.82, 2.24) is 20.2 Å². The lowest BCUT2D eigenvalue weighted by Crippen LogP contribution is -2.13. The van der Waals surface area contributed by atoms with E-state index in [4.69, 9.17) is 0 Å². The van der Waals surface area contributed by atoms with Crippen molar-refractivity contribution < 1.29 is 4.79 Å². The summed E-state index contributed by atoms with van der Waals surface area (Å²) in [6.07, 6.45) is 0. The Labute approximate surface area is 151 Å². The Morgan fingerprint density at radius 2 is 1.88 bits per heavy atom. The molecule has 0 spiro atoms. The van der Waals surface area contributed by atoms with Crippen LogP contribution in [0.1, 0.15) is 9.67 Å². The van der Waals surface area contributed by atoms with Crippen LogP contribution < -0.4 is 10.1 Å². The van der Waals surface area contributed by atoms with Gasteiger partial charge in [-0.3, -0.25) is 9.59 Å². The number of carbonyl (C=O) groups is 1. The van der Waals surface area contributed by atoms with Gasteiger partial charge in [-0.15, -0.1) is 10.2 Å². The molecular weight excluding hydrogens is 350 g/mol. The molecule has 2 aromatic carbocycles. The van der Waals surface area contributed by atoms with Crippen LogP contribution in [0.15, 0.2) is 59.4 Å². The molecule has 1 N–H and O–H groups in total. The summed E-state index contributed by atoms with van der Waals surface area (Å²) in [5, 5.41) is 16.2. The second kappa shape index (κ2) is 6.49. The number of nitrogens with zero attached hydrogens (tertiary/aromatic N) is 4. The van der Waals surface area contributed by atoms with Crippen LogP contribution in [0.5, 0.6) is 0 Å². The van der Waals surface area contributed by atoms with Gasteiger partial charge in [-0.25, -0.2) is 0 Å². The first-order valence-electron chi connectivity index (χ1n) is 7.79. The standard InChI is InChI=1S/C18H13N5O2S/c1-23-21-16(20-22-23)13-8-4-5-9-14(13)19-17(24)15-10-11-6-2-3-7-12(11)18(25)26-15/h2-10H,1H3,(H,19,24). The number of aromatic nitrogens is 4. The molecule has 0 aliphatic rings. The van der Waals surface area contributed by atoms with Crippen LogP contribution in [-0.4, -0.2) is 26.1 Å². The van der Waals surface area contributed by atoms with Gasteiger partial charge < -0.3 is 5.32 Å². The molecule has 7 nitrogen and oxygen atoms in total. The highest BCUT2D eigenvalue weighted by Crippen LogP contribution is 2.25. The first-order valence-corrected chi connectivity index (χ1v) is 8.61. The maximum absolute atomic E-state index is 12.7. The molecule has 0 saturated heterocycles. The van der Waals surface area contributed by atoms with Crippen LogP contribution >= 0.6 is 11.3 Å². The molecule has 26 heavy (non-hydrogen) atoms. The van der Waals surface area contributed by atoms with Crippen molar-refractivity contribution in [1.29, 1.82) is 0 Å². The fourth-order valence-corrected chi connectivity index (χ4v) is 3.43. The van der Waals surface area contributed by atoms with Crippen LogP contribution in [0, 0.1) is 0 Å². The molecule has 4 rings (SSSR count). The van der Waals surface area contributed by atoms with Gasteiger partial charge >= 0.3 is 0 Å². The predicted octanol–water partition coefficient (Wildman–Crippen LogP) is 2.70. The normalized spacial score (nSPS) is 10.8. The average Bonchev–Trinajstić information content (AvgIpc) is 3.08. The number of aryl methyl sites for hydroxylation is 1. The number of rotatable bonds is 3. The molecule has 0 atom stereocenters. The molecule has 1 amide bonds. The Morgan fingerprint density at radius 1 is 1.12 bits per heavy atom. The van der Waals surface area contributed by atoms with Gasteiger partial charge in [-0.2, -0.15) is 4.80 Å². The third-order valence-electron chi connectivity index (χ3n) is 3.82. The molecular formula is C18H13N5O2S. The van der Waals surface area contributed by atoms with Crippen LogP contribution in [0.4, 0.5) is 5.69 Å². The van der Waals surface area contributed by atoms with Gasteiger partial charge in [0, 0.05) is 10.9 Å². The predicted molar refractivity (Wildman–Crippen MR) is 100 cm³/mol. The van der Waals surface area contributed by atoms with Crippen LogP contribution in [0.3, 0.4) is 0 Å². The smallest absolute Gasteiger partial charge is 0.265 e. The summed E-state index contributed by atoms with van der Waals surface area (Å²) < 4.78 is -0.142. The number of nitrogens with one attached hydrogen (secondary N) is 1. The van der Waals surface area contributed by atoms with E-state index in [1.807, 2.05) is 18.2 Å². The lowest BCUT2D eigenvalue weighted by Gasteiger charge is -2.08. The van der Waals surface area contributed by atoms with E-state index in [-0.39, 0.29) is 10.6 Å². The number of hydrogen-bond acceptors (Lipinski definition) is 6. The second-order valence-corrected chi connectivity index (χ2v) is 6.60. The van der Waals surface area contributed by atoms with Crippen molar-refractivity contribution in [3.8, 4) is 11.4 Å². The van der Waals surface area contributed by atoms with Crippen molar-refractivity contribution in [2.75, 3.05) is 5.32 Å². The lowest BCUT2D eigenvalue weighted by atomic mass is 10.1. The zero-order valence-corrected chi connectivity index (χ0v) is 14.5. The molecule has 0 unspecified atom stereocenters. The van der Waals surface area contributed by atoms with Crippen molar-refractivity contribution in [3.63, 3.8) is 0 Å². The van der Waals surface area contributed by atoms with Crippen molar-refractivity contribution in [2.24, 2.45) is 7.05 Å². The average molecular weight is 363 g/mol. The molecule has 2 aromatic heterocycles. The minimum absolute atomic E-state index is 0.142. The van der Waals surface area contributed by atoms with Crippen molar-refractivity contribution in [3.05, 3.63) is 69.0 Å². The maximum atomic E-state index is 12.7. The molecule has 0 radical (unpaired) electrons. The molecule has 4 aromatic rings. The highest BCUT2D eigenvalue weighted by atomic mass is 32.1. The van der Waals surface area contributed by atoms with E-state index in [0.29, 0.717) is 27.3 Å². The first-order chi connectivity index (χ1) is 12.6. The van der Waals surface area contributed by atoms with E-state index in [0.717, 1.165) is 16.7 Å². The molecule has 128 valence electrons. The number of hydrogen-bond donors (Lipinski definition) is 1. The van der Waals surface area contributed by atoms with E-state index >= 15 is 0 Å². The van der Waals surface area contributed by atoms with Crippen molar-refractivity contribution >= 4 is 33.7 Å². The summed E-state index contributed by atoms with van der Waals surface area (Å²) in [6, 6.07) is 16.1. The van der Waals surface area contributed by atoms with Gasteiger partial charge in [0.05, 0.1) is 17.6 Å². The van der Waals surface area contributed by atoms with Gasteiger partial charge in [0.25, 0.3) is 5.91 Å². The first kappa shape index (κ1) is 16.1. The van der Waals surface area contributed by atoms with Crippen LogP contribution in [-0.2, 0) is 7.05 Å². The number of para-hydroxylation sites is 1. The topological polar surface area (TPSA) is 89.8 Å². The van der Waals surface area contributed by atoms with Gasteiger partial charge in [-0.1, -0.05) is 41.7 Å². The maximum Gasteiger partial charge on any atom is 0.265 e. The Bertz CT molecular complexity index is 1180. The highest BCUT2D eigenvalue weighted by Gasteiger charge is 2.15. The lowest BCUT2D eigenvalue weighted by molar-refractivity contribution is 0.103. The number of fused-ring (bicyclic) bond motifs is 1. The number of tetrazole rings is 1. The zero-order chi connectivity index (χ0) is 18.1. The van der Waals surface area contributed by atoms with Gasteiger partial charge in [-0.05, 0) is 34.9 Å². The Balaban J connectivity index is 1.71. The van der Waals surface area contributed by atoms with E-state index in [1.54, 1.807) is 43.4 Å². The molecule has 0 saturated carbocycles. The molecule has 0 fully saturated rings. The largest absolute Gasteiger partial charge is 0.321 e. The van der Waals surface area contributed by atoms with Gasteiger partial charge in [0.2, 0.25) is 10.6 Å². The number of benzene rings is 2. The Kier molecular flexibility index (Phi) is 4.02. The summed E-state index contributed by atoms with van der Waals surface area (Å²) in [6.45, 7) is 0. The Morgan fingerprint density at radius 3 is 2.69 bits per heavy atom. The van der Waals surface area contributed by atoms with Crippen LogP contribution in [0.2, 0.25) is 0 Å². The minimum atomic E-state index is -0.353. The monoisotopic (exact) mass is 363 g/mol. The number of anilines is 1. The van der Waals surface area contributed by atoms with E-state index in [2.05, 4.69) is 20.7 Å². The second-order valence-electron chi connectivity index (χ2n) is 5.59. The zero-order valence-electron chi connectivity index (χ0n) is 13.7. The molecule has 0 bridgehead atoms. The fraction of sp³-hybridized carbons (Fsp3) is 0.0556. The summed E-state index contributed by atoms with van der Waals surface area (Å²) in [5.74, 6) is 0.0595. The van der Waals surface area contributed by atoms with Crippen LogP contribution in [0.25, 0.3) is 22.2 Å². The summed E-state index contributed by atoms with van der Waals surface area (Å²) in [7, 11) is 1.67. The van der Waals surface area contributed by atoms with E-state index in [1.165, 1.54) is 4.80 Å². The van der Waals surface area contributed by atoms with E-state index < -0.39 is 0 Å². The Hall–Kier alpha value is -3.39. The molecule has 2 heterocycles. The molecule has 8 heteroatoms. The minimum Gasteiger partial charge on any atom is -0.321 e. The highest BCUT2D eigenvalue weighted by molar-refractivity contribution is 7.12. The number of carbonyl (C=O) groups excluding carboxylic acids is 1.